The average Bonchev–Trinajstić information content (AvgIpc) is 3.31. The molecule has 5 heteroatoms. The Bertz CT molecular complexity index is 1690. The van der Waals surface area contributed by atoms with Crippen LogP contribution < -0.4 is 5.46 Å². The molecule has 0 spiro atoms. The monoisotopic (exact) mass is 592 g/mol. The fourth-order valence-corrected chi connectivity index (χ4v) is 6.87. The number of hydrogen-bond acceptors (Lipinski definition) is 4. The Morgan fingerprint density at radius 2 is 1.00 bits per heavy atom. The van der Waals surface area contributed by atoms with Crippen molar-refractivity contribution in [3.05, 3.63) is 126 Å². The van der Waals surface area contributed by atoms with Gasteiger partial charge in [0.2, 0.25) is 0 Å². The van der Waals surface area contributed by atoms with Crippen molar-refractivity contribution in [1.82, 2.24) is 9.97 Å². The van der Waals surface area contributed by atoms with Crippen LogP contribution in [0.4, 0.5) is 0 Å². The summed E-state index contributed by atoms with van der Waals surface area (Å²) in [7, 11) is -0.347. The molecule has 2 heterocycles. The first-order chi connectivity index (χ1) is 21.7. The van der Waals surface area contributed by atoms with Crippen molar-refractivity contribution in [1.29, 1.82) is 0 Å². The van der Waals surface area contributed by atoms with E-state index in [2.05, 4.69) is 119 Å². The van der Waals surface area contributed by atoms with E-state index in [0.717, 1.165) is 52.2 Å². The number of aromatic nitrogens is 2. The van der Waals surface area contributed by atoms with Crippen molar-refractivity contribution in [3.63, 3.8) is 0 Å². The molecule has 226 valence electrons. The normalized spacial score (nSPS) is 18.5. The minimum Gasteiger partial charge on any atom is -0.399 e. The molecule has 0 unspecified atom stereocenters. The van der Waals surface area contributed by atoms with Crippen LogP contribution in [0.1, 0.15) is 70.9 Å². The molecule has 7 rings (SSSR count). The third-order valence-electron chi connectivity index (χ3n) is 10.3. The van der Waals surface area contributed by atoms with Crippen LogP contribution in [0.5, 0.6) is 0 Å². The van der Waals surface area contributed by atoms with Crippen LogP contribution >= 0.6 is 0 Å². The van der Waals surface area contributed by atoms with Crippen LogP contribution in [0.2, 0.25) is 0 Å². The lowest BCUT2D eigenvalue weighted by atomic mass is 9.64. The summed E-state index contributed by atoms with van der Waals surface area (Å²) in [6.07, 6.45) is 6.04. The van der Waals surface area contributed by atoms with Gasteiger partial charge in [-0.1, -0.05) is 128 Å². The molecule has 1 saturated carbocycles. The summed E-state index contributed by atoms with van der Waals surface area (Å²) in [5.74, 6) is 0.738. The third kappa shape index (κ3) is 5.64. The first-order valence-corrected chi connectivity index (χ1v) is 16.3. The molecule has 4 nitrogen and oxygen atoms in total. The van der Waals surface area contributed by atoms with Crippen molar-refractivity contribution < 1.29 is 9.31 Å². The highest BCUT2D eigenvalue weighted by molar-refractivity contribution is 6.62. The molecule has 1 aliphatic heterocycles. The van der Waals surface area contributed by atoms with Gasteiger partial charge in [-0.2, -0.15) is 0 Å². The third-order valence-corrected chi connectivity index (χ3v) is 10.3. The highest BCUT2D eigenvalue weighted by Gasteiger charge is 2.51. The highest BCUT2D eigenvalue weighted by Crippen LogP contribution is 2.45. The topological polar surface area (TPSA) is 44.2 Å². The fourth-order valence-electron chi connectivity index (χ4n) is 6.87. The van der Waals surface area contributed by atoms with Crippen LogP contribution in [0.15, 0.2) is 115 Å². The van der Waals surface area contributed by atoms with Crippen molar-refractivity contribution in [3.8, 4) is 33.9 Å². The summed E-state index contributed by atoms with van der Waals surface area (Å²) in [4.78, 5) is 10.0. The van der Waals surface area contributed by atoms with Gasteiger partial charge in [0.05, 0.1) is 22.6 Å². The van der Waals surface area contributed by atoms with E-state index in [4.69, 9.17) is 19.3 Å². The molecule has 1 aliphatic carbocycles. The second kappa shape index (κ2) is 11.7. The minimum atomic E-state index is -0.351. The zero-order chi connectivity index (χ0) is 31.1. The Balaban J connectivity index is 1.22. The van der Waals surface area contributed by atoms with Gasteiger partial charge in [-0.15, -0.1) is 0 Å². The molecule has 45 heavy (non-hydrogen) atoms. The lowest BCUT2D eigenvalue weighted by Gasteiger charge is -2.39. The second-order valence-corrected chi connectivity index (χ2v) is 13.6. The van der Waals surface area contributed by atoms with Crippen molar-refractivity contribution in [2.45, 2.75) is 76.4 Å². The molecule has 1 saturated heterocycles. The maximum atomic E-state index is 6.34. The zero-order valence-corrected chi connectivity index (χ0v) is 26.8. The molecule has 4 aromatic carbocycles. The predicted octanol–water partition coefficient (Wildman–Crippen LogP) is 9.03. The maximum Gasteiger partial charge on any atom is 0.494 e. The van der Waals surface area contributed by atoms with Gasteiger partial charge >= 0.3 is 7.12 Å². The standard InChI is InChI=1S/C40H41BN2O2/c1-38(2)39(3,4)45-41(44-38)34-24-22-33(23-25-34)40(26-12-7-13-27-40)32-20-18-30(19-21-32)36-28-35(29-14-8-5-9-15-29)42-37(43-36)31-16-10-6-11-17-31/h5-6,8-11,14-25,28H,7,12-13,26-27H2,1-4H3. The largest absolute Gasteiger partial charge is 0.494 e. The number of hydrogen-bond donors (Lipinski definition) is 0. The van der Waals surface area contributed by atoms with Crippen LogP contribution in [0.3, 0.4) is 0 Å². The van der Waals surface area contributed by atoms with E-state index in [1.165, 1.54) is 30.4 Å². The highest BCUT2D eigenvalue weighted by atomic mass is 16.7. The molecule has 2 aliphatic rings. The Kier molecular flexibility index (Phi) is 7.71. The SMILES string of the molecule is CC1(C)OB(c2ccc(C3(c4ccc(-c5cc(-c6ccccc6)nc(-c6ccccc6)n5)cc4)CCCCC3)cc2)OC1(C)C. The van der Waals surface area contributed by atoms with Crippen LogP contribution in [-0.4, -0.2) is 28.3 Å². The van der Waals surface area contributed by atoms with Gasteiger partial charge in [-0.25, -0.2) is 9.97 Å². The summed E-state index contributed by atoms with van der Waals surface area (Å²) in [6, 6.07) is 40.9. The van der Waals surface area contributed by atoms with E-state index in [1.54, 1.807) is 0 Å². The average molecular weight is 593 g/mol. The number of rotatable bonds is 6. The van der Waals surface area contributed by atoms with Gasteiger partial charge in [0.1, 0.15) is 0 Å². The summed E-state index contributed by atoms with van der Waals surface area (Å²) < 4.78 is 12.7. The van der Waals surface area contributed by atoms with E-state index < -0.39 is 0 Å². The number of nitrogens with zero attached hydrogens (tertiary/aromatic N) is 2. The Hall–Kier alpha value is -4.06. The Labute approximate surface area is 268 Å². The Morgan fingerprint density at radius 1 is 0.533 bits per heavy atom. The lowest BCUT2D eigenvalue weighted by Crippen LogP contribution is -2.41. The molecule has 0 N–H and O–H groups in total. The number of benzene rings is 4. The summed E-state index contributed by atoms with van der Waals surface area (Å²) in [5.41, 5.74) is 8.15. The molecule has 0 bridgehead atoms. The zero-order valence-electron chi connectivity index (χ0n) is 26.8. The lowest BCUT2D eigenvalue weighted by molar-refractivity contribution is 0.00578. The van der Waals surface area contributed by atoms with Gasteiger partial charge in [-0.05, 0) is 63.2 Å². The molecular formula is C40H41BN2O2. The smallest absolute Gasteiger partial charge is 0.399 e. The van der Waals surface area contributed by atoms with Gasteiger partial charge in [0.25, 0.3) is 0 Å². The molecule has 1 aromatic heterocycles. The van der Waals surface area contributed by atoms with Crippen LogP contribution in [-0.2, 0) is 14.7 Å². The van der Waals surface area contributed by atoms with Gasteiger partial charge in [-0.3, -0.25) is 0 Å². The van der Waals surface area contributed by atoms with Crippen molar-refractivity contribution >= 4 is 12.6 Å². The Morgan fingerprint density at radius 3 is 1.53 bits per heavy atom. The van der Waals surface area contributed by atoms with Crippen LogP contribution in [0, 0.1) is 0 Å². The van der Waals surface area contributed by atoms with Crippen molar-refractivity contribution in [2.24, 2.45) is 0 Å². The van der Waals surface area contributed by atoms with E-state index >= 15 is 0 Å². The maximum absolute atomic E-state index is 6.34. The quantitative estimate of drug-likeness (QED) is 0.185. The molecule has 0 radical (unpaired) electrons. The van der Waals surface area contributed by atoms with Crippen molar-refractivity contribution in [2.75, 3.05) is 0 Å². The van der Waals surface area contributed by atoms with Gasteiger partial charge < -0.3 is 9.31 Å². The predicted molar refractivity (Wildman–Crippen MR) is 184 cm³/mol. The minimum absolute atomic E-state index is 0.0126. The fraction of sp³-hybridized carbons (Fsp3) is 0.300. The first-order valence-electron chi connectivity index (χ1n) is 16.3. The van der Waals surface area contributed by atoms with E-state index in [-0.39, 0.29) is 23.7 Å². The van der Waals surface area contributed by atoms with Crippen LogP contribution in [0.25, 0.3) is 33.9 Å². The summed E-state index contributed by atoms with van der Waals surface area (Å²) in [5, 5.41) is 0. The molecule has 0 amide bonds. The van der Waals surface area contributed by atoms with Gasteiger partial charge in [0.15, 0.2) is 5.82 Å². The second-order valence-electron chi connectivity index (χ2n) is 13.6. The van der Waals surface area contributed by atoms with E-state index in [9.17, 15) is 0 Å². The summed E-state index contributed by atoms with van der Waals surface area (Å²) in [6.45, 7) is 8.42. The molecule has 5 aromatic rings. The molecular weight excluding hydrogens is 551 g/mol. The van der Waals surface area contributed by atoms with E-state index in [1.807, 2.05) is 24.3 Å². The van der Waals surface area contributed by atoms with Gasteiger partial charge in [0, 0.05) is 22.1 Å². The van der Waals surface area contributed by atoms with E-state index in [0.29, 0.717) is 0 Å². The molecule has 2 fully saturated rings. The first kappa shape index (κ1) is 29.6. The molecule has 0 atom stereocenters. The summed E-state index contributed by atoms with van der Waals surface area (Å²) >= 11 is 0.